The molecule has 0 heterocycles. The molecule has 0 saturated carbocycles. The first-order chi connectivity index (χ1) is 9.78. The highest BCUT2D eigenvalue weighted by molar-refractivity contribution is 9.10. The van der Waals surface area contributed by atoms with Gasteiger partial charge in [-0.05, 0) is 30.0 Å². The molecule has 1 aromatic carbocycles. The maximum Gasteiger partial charge on any atom is 0.411 e. The maximum absolute atomic E-state index is 12.1. The molecule has 0 radical (unpaired) electrons. The Kier molecular flexibility index (Phi) is 7.70. The van der Waals surface area contributed by atoms with Crippen molar-refractivity contribution in [3.63, 3.8) is 0 Å². The summed E-state index contributed by atoms with van der Waals surface area (Å²) >= 11 is 3.42. The van der Waals surface area contributed by atoms with Crippen molar-refractivity contribution in [2.45, 2.75) is 38.4 Å². The molecule has 21 heavy (non-hydrogen) atoms. The highest BCUT2D eigenvalue weighted by Crippen LogP contribution is 2.23. The fourth-order valence-corrected chi connectivity index (χ4v) is 2.36. The number of hydrogen-bond acceptors (Lipinski definition) is 2. The van der Waals surface area contributed by atoms with Gasteiger partial charge in [0, 0.05) is 23.7 Å². The summed E-state index contributed by atoms with van der Waals surface area (Å²) in [5, 5.41) is 3.33. The van der Waals surface area contributed by atoms with E-state index < -0.39 is 12.8 Å². The van der Waals surface area contributed by atoms with E-state index >= 15 is 0 Å². The van der Waals surface area contributed by atoms with Crippen molar-refractivity contribution in [3.8, 4) is 0 Å². The quantitative estimate of drug-likeness (QED) is 0.683. The van der Waals surface area contributed by atoms with Crippen LogP contribution in [0.25, 0.3) is 0 Å². The smallest absolute Gasteiger partial charge is 0.372 e. The van der Waals surface area contributed by atoms with E-state index in [1.807, 2.05) is 38.1 Å². The number of hydrogen-bond donors (Lipinski definition) is 1. The largest absolute Gasteiger partial charge is 0.411 e. The van der Waals surface area contributed by atoms with E-state index in [1.165, 1.54) is 0 Å². The lowest BCUT2D eigenvalue weighted by Crippen LogP contribution is -2.29. The molecule has 1 aromatic rings. The molecule has 0 aromatic heterocycles. The van der Waals surface area contributed by atoms with Gasteiger partial charge in [0.05, 0.1) is 0 Å². The van der Waals surface area contributed by atoms with Crippen LogP contribution in [0.5, 0.6) is 0 Å². The lowest BCUT2D eigenvalue weighted by Gasteiger charge is -2.20. The van der Waals surface area contributed by atoms with Crippen LogP contribution in [0.15, 0.2) is 28.7 Å². The van der Waals surface area contributed by atoms with Gasteiger partial charge in [-0.2, -0.15) is 13.2 Å². The SMILES string of the molecule is CC(C)NCC(CCOCC(F)(F)F)c1cccc(Br)c1. The Labute approximate surface area is 132 Å². The van der Waals surface area contributed by atoms with E-state index in [-0.39, 0.29) is 12.5 Å². The van der Waals surface area contributed by atoms with Gasteiger partial charge in [-0.15, -0.1) is 0 Å². The molecule has 0 saturated heterocycles. The van der Waals surface area contributed by atoms with E-state index in [9.17, 15) is 13.2 Å². The second kappa shape index (κ2) is 8.76. The summed E-state index contributed by atoms with van der Waals surface area (Å²) < 4.78 is 41.9. The molecule has 1 unspecified atom stereocenters. The predicted molar refractivity (Wildman–Crippen MR) is 81.5 cm³/mol. The molecular weight excluding hydrogens is 347 g/mol. The van der Waals surface area contributed by atoms with Crippen LogP contribution in [0.4, 0.5) is 13.2 Å². The van der Waals surface area contributed by atoms with Gasteiger partial charge in [0.25, 0.3) is 0 Å². The van der Waals surface area contributed by atoms with E-state index in [0.717, 1.165) is 10.0 Å². The van der Waals surface area contributed by atoms with Crippen LogP contribution in [0.1, 0.15) is 31.7 Å². The van der Waals surface area contributed by atoms with Crippen LogP contribution in [0.3, 0.4) is 0 Å². The number of nitrogens with one attached hydrogen (secondary N) is 1. The van der Waals surface area contributed by atoms with E-state index in [0.29, 0.717) is 19.0 Å². The second-order valence-corrected chi connectivity index (χ2v) is 6.19. The summed E-state index contributed by atoms with van der Waals surface area (Å²) in [5.74, 6) is 0.123. The Morgan fingerprint density at radius 3 is 2.57 bits per heavy atom. The van der Waals surface area contributed by atoms with Crippen molar-refractivity contribution in [3.05, 3.63) is 34.3 Å². The molecule has 0 spiro atoms. The fraction of sp³-hybridized carbons (Fsp3) is 0.600. The first-order valence-electron chi connectivity index (χ1n) is 6.91. The van der Waals surface area contributed by atoms with Crippen LogP contribution in [-0.2, 0) is 4.74 Å². The summed E-state index contributed by atoms with van der Waals surface area (Å²) in [5.41, 5.74) is 1.09. The van der Waals surface area contributed by atoms with Crippen molar-refractivity contribution in [2.75, 3.05) is 19.8 Å². The van der Waals surface area contributed by atoms with E-state index in [2.05, 4.69) is 21.2 Å². The molecule has 1 rings (SSSR count). The molecule has 0 aliphatic heterocycles. The summed E-state index contributed by atoms with van der Waals surface area (Å²) in [6.07, 6.45) is -3.71. The van der Waals surface area contributed by atoms with Crippen molar-refractivity contribution in [2.24, 2.45) is 0 Å². The second-order valence-electron chi connectivity index (χ2n) is 5.27. The zero-order chi connectivity index (χ0) is 15.9. The highest BCUT2D eigenvalue weighted by Gasteiger charge is 2.27. The van der Waals surface area contributed by atoms with Crippen LogP contribution in [-0.4, -0.2) is 32.0 Å². The Morgan fingerprint density at radius 2 is 2.00 bits per heavy atom. The molecule has 0 aliphatic rings. The third-order valence-corrected chi connectivity index (χ3v) is 3.46. The standard InChI is InChI=1S/C15H21BrF3NO/c1-11(2)20-9-13(6-7-21-10-15(17,18)19)12-4-3-5-14(16)8-12/h3-5,8,11,13,20H,6-7,9-10H2,1-2H3. The van der Waals surface area contributed by atoms with Crippen LogP contribution < -0.4 is 5.32 Å². The van der Waals surface area contributed by atoms with Gasteiger partial charge in [-0.3, -0.25) is 0 Å². The van der Waals surface area contributed by atoms with Crippen molar-refractivity contribution < 1.29 is 17.9 Å². The highest BCUT2D eigenvalue weighted by atomic mass is 79.9. The number of rotatable bonds is 8. The molecular formula is C15H21BrF3NO. The molecule has 1 N–H and O–H groups in total. The van der Waals surface area contributed by atoms with Gasteiger partial charge in [0.1, 0.15) is 6.61 Å². The monoisotopic (exact) mass is 367 g/mol. The summed E-state index contributed by atoms with van der Waals surface area (Å²) in [6, 6.07) is 8.17. The fourth-order valence-electron chi connectivity index (χ4n) is 1.94. The Morgan fingerprint density at radius 1 is 1.29 bits per heavy atom. The number of halogens is 4. The van der Waals surface area contributed by atoms with Crippen LogP contribution in [0.2, 0.25) is 0 Å². The van der Waals surface area contributed by atoms with Gasteiger partial charge in [0.2, 0.25) is 0 Å². The van der Waals surface area contributed by atoms with E-state index in [1.54, 1.807) is 0 Å². The summed E-state index contributed by atoms with van der Waals surface area (Å²) in [6.45, 7) is 3.70. The average Bonchev–Trinajstić information content (AvgIpc) is 2.36. The van der Waals surface area contributed by atoms with Gasteiger partial charge in [-0.25, -0.2) is 0 Å². The lowest BCUT2D eigenvalue weighted by molar-refractivity contribution is -0.174. The number of alkyl halides is 3. The summed E-state index contributed by atoms with van der Waals surface area (Å²) in [4.78, 5) is 0. The molecule has 2 nitrogen and oxygen atoms in total. The third-order valence-electron chi connectivity index (χ3n) is 2.97. The van der Waals surface area contributed by atoms with Crippen molar-refractivity contribution >= 4 is 15.9 Å². The Hall–Kier alpha value is -0.590. The third kappa shape index (κ3) is 8.44. The van der Waals surface area contributed by atoms with Crippen LogP contribution in [0, 0.1) is 0 Å². The molecule has 120 valence electrons. The van der Waals surface area contributed by atoms with E-state index in [4.69, 9.17) is 4.74 Å². The molecule has 6 heteroatoms. The Balaban J connectivity index is 2.56. The minimum Gasteiger partial charge on any atom is -0.372 e. The first kappa shape index (κ1) is 18.5. The minimum atomic E-state index is -4.26. The van der Waals surface area contributed by atoms with Crippen LogP contribution >= 0.6 is 15.9 Å². The van der Waals surface area contributed by atoms with Gasteiger partial charge >= 0.3 is 6.18 Å². The topological polar surface area (TPSA) is 21.3 Å². The first-order valence-corrected chi connectivity index (χ1v) is 7.70. The molecule has 1 atom stereocenters. The lowest BCUT2D eigenvalue weighted by atomic mass is 9.96. The molecule has 0 aliphatic carbocycles. The molecule has 0 fully saturated rings. The molecule has 0 amide bonds. The number of ether oxygens (including phenoxy) is 1. The predicted octanol–water partition coefficient (Wildman–Crippen LogP) is 4.50. The normalized spacial score (nSPS) is 13.7. The summed E-state index contributed by atoms with van der Waals surface area (Å²) in [7, 11) is 0. The van der Waals surface area contributed by atoms with Gasteiger partial charge in [-0.1, -0.05) is 41.9 Å². The van der Waals surface area contributed by atoms with Crippen molar-refractivity contribution in [1.82, 2.24) is 5.32 Å². The molecule has 0 bridgehead atoms. The number of benzene rings is 1. The maximum atomic E-state index is 12.1. The average molecular weight is 368 g/mol. The van der Waals surface area contributed by atoms with Gasteiger partial charge < -0.3 is 10.1 Å². The zero-order valence-electron chi connectivity index (χ0n) is 12.2. The minimum absolute atomic E-state index is 0.0937. The zero-order valence-corrected chi connectivity index (χ0v) is 13.8. The van der Waals surface area contributed by atoms with Crippen molar-refractivity contribution in [1.29, 1.82) is 0 Å². The van der Waals surface area contributed by atoms with Gasteiger partial charge in [0.15, 0.2) is 0 Å². The Bertz CT molecular complexity index is 424.